The summed E-state index contributed by atoms with van der Waals surface area (Å²) in [5.41, 5.74) is 1.32. The fourth-order valence-electron chi connectivity index (χ4n) is 1.25. The lowest BCUT2D eigenvalue weighted by atomic mass is 10.2. The van der Waals surface area contributed by atoms with Gasteiger partial charge in [-0.1, -0.05) is 35.9 Å². The molecule has 2 heteroatoms. The van der Waals surface area contributed by atoms with Crippen LogP contribution in [0.25, 0.3) is 0 Å². The van der Waals surface area contributed by atoms with Crippen LogP contribution < -0.4 is 9.47 Å². The average Bonchev–Trinajstić information content (AvgIpc) is 2.40. The van der Waals surface area contributed by atoms with Gasteiger partial charge in [0.05, 0.1) is 14.2 Å². The zero-order valence-electron chi connectivity index (χ0n) is 10.5. The van der Waals surface area contributed by atoms with E-state index in [4.69, 9.17) is 9.47 Å². The van der Waals surface area contributed by atoms with Crippen LogP contribution in [-0.2, 0) is 0 Å². The minimum absolute atomic E-state index is 0.848. The second-order valence-corrected chi connectivity index (χ2v) is 3.53. The standard InChI is InChI=1S/C8H10O2.C7H8/c1-9-7-3-5-8(10-2)6-4-7;1-7-5-3-2-4-6-7/h3-6H,1-2H3;2-6H,1H3. The number of aryl methyl sites for hydroxylation is 1. The van der Waals surface area contributed by atoms with Crippen LogP contribution in [0.15, 0.2) is 54.6 Å². The van der Waals surface area contributed by atoms with Crippen molar-refractivity contribution in [3.63, 3.8) is 0 Å². The van der Waals surface area contributed by atoms with E-state index >= 15 is 0 Å². The number of ether oxygens (including phenoxy) is 2. The largest absolute Gasteiger partial charge is 0.497 e. The van der Waals surface area contributed by atoms with E-state index in [1.165, 1.54) is 5.56 Å². The van der Waals surface area contributed by atoms with Gasteiger partial charge in [0, 0.05) is 0 Å². The Morgan fingerprint density at radius 3 is 1.29 bits per heavy atom. The Morgan fingerprint density at radius 2 is 1.06 bits per heavy atom. The van der Waals surface area contributed by atoms with Crippen LogP contribution >= 0.6 is 0 Å². The van der Waals surface area contributed by atoms with E-state index in [1.807, 2.05) is 42.5 Å². The Labute approximate surface area is 103 Å². The lowest BCUT2D eigenvalue weighted by molar-refractivity contribution is 0.403. The Bertz CT molecular complexity index is 384. The molecule has 0 amide bonds. The summed E-state index contributed by atoms with van der Waals surface area (Å²) in [6.45, 7) is 2.08. The highest BCUT2D eigenvalue weighted by atomic mass is 16.5. The lowest BCUT2D eigenvalue weighted by Crippen LogP contribution is -1.83. The predicted molar refractivity (Wildman–Crippen MR) is 70.7 cm³/mol. The molecule has 0 atom stereocenters. The molecule has 2 nitrogen and oxygen atoms in total. The zero-order chi connectivity index (χ0) is 12.5. The average molecular weight is 230 g/mol. The molecule has 0 unspecified atom stereocenters. The van der Waals surface area contributed by atoms with Crippen LogP contribution in [-0.4, -0.2) is 14.2 Å². The summed E-state index contributed by atoms with van der Waals surface area (Å²) in [4.78, 5) is 0. The molecule has 2 rings (SSSR count). The van der Waals surface area contributed by atoms with Gasteiger partial charge in [-0.2, -0.15) is 0 Å². The molecule has 0 heterocycles. The van der Waals surface area contributed by atoms with E-state index in [-0.39, 0.29) is 0 Å². The summed E-state index contributed by atoms with van der Waals surface area (Å²) < 4.78 is 9.92. The van der Waals surface area contributed by atoms with Gasteiger partial charge in [-0.05, 0) is 31.2 Å². The van der Waals surface area contributed by atoms with Gasteiger partial charge in [-0.3, -0.25) is 0 Å². The second-order valence-electron chi connectivity index (χ2n) is 3.53. The van der Waals surface area contributed by atoms with Crippen LogP contribution in [0.1, 0.15) is 5.56 Å². The summed E-state index contributed by atoms with van der Waals surface area (Å²) in [6, 6.07) is 17.7. The van der Waals surface area contributed by atoms with Gasteiger partial charge < -0.3 is 9.47 Å². The van der Waals surface area contributed by atoms with Crippen LogP contribution in [0.5, 0.6) is 11.5 Å². The first-order valence-corrected chi connectivity index (χ1v) is 5.46. The van der Waals surface area contributed by atoms with Crippen LogP contribution in [0.3, 0.4) is 0 Å². The Kier molecular flexibility index (Phi) is 5.66. The highest BCUT2D eigenvalue weighted by Gasteiger charge is 1.89. The van der Waals surface area contributed by atoms with E-state index in [1.54, 1.807) is 14.2 Å². The van der Waals surface area contributed by atoms with Crippen molar-refractivity contribution in [2.45, 2.75) is 6.92 Å². The lowest BCUT2D eigenvalue weighted by Gasteiger charge is -2.00. The van der Waals surface area contributed by atoms with Crippen LogP contribution in [0.2, 0.25) is 0 Å². The molecule has 90 valence electrons. The van der Waals surface area contributed by atoms with Gasteiger partial charge in [-0.15, -0.1) is 0 Å². The number of methoxy groups -OCH3 is 2. The first-order valence-electron chi connectivity index (χ1n) is 5.46. The van der Waals surface area contributed by atoms with Gasteiger partial charge in [0.25, 0.3) is 0 Å². The third kappa shape index (κ3) is 5.07. The van der Waals surface area contributed by atoms with Crippen molar-refractivity contribution in [1.29, 1.82) is 0 Å². The van der Waals surface area contributed by atoms with Gasteiger partial charge in [0.1, 0.15) is 11.5 Å². The predicted octanol–water partition coefficient (Wildman–Crippen LogP) is 3.70. The molecule has 0 saturated heterocycles. The number of hydrogen-bond acceptors (Lipinski definition) is 2. The first kappa shape index (κ1) is 13.1. The minimum Gasteiger partial charge on any atom is -0.497 e. The van der Waals surface area contributed by atoms with Crippen molar-refractivity contribution in [3.8, 4) is 11.5 Å². The molecule has 0 N–H and O–H groups in total. The molecule has 0 saturated carbocycles. The van der Waals surface area contributed by atoms with Crippen LogP contribution in [0, 0.1) is 6.92 Å². The highest BCUT2D eigenvalue weighted by molar-refractivity contribution is 5.30. The molecule has 0 aromatic heterocycles. The molecule has 0 aliphatic carbocycles. The van der Waals surface area contributed by atoms with Gasteiger partial charge >= 0.3 is 0 Å². The third-order valence-corrected chi connectivity index (χ3v) is 2.24. The molecule has 0 bridgehead atoms. The first-order chi connectivity index (χ1) is 8.26. The molecule has 2 aromatic rings. The summed E-state index contributed by atoms with van der Waals surface area (Å²) >= 11 is 0. The summed E-state index contributed by atoms with van der Waals surface area (Å²) in [5, 5.41) is 0. The van der Waals surface area contributed by atoms with E-state index in [9.17, 15) is 0 Å². The third-order valence-electron chi connectivity index (χ3n) is 2.24. The molecule has 0 aliphatic heterocycles. The maximum atomic E-state index is 4.96. The monoisotopic (exact) mass is 230 g/mol. The molecular formula is C15H18O2. The van der Waals surface area contributed by atoms with Crippen molar-refractivity contribution in [2.24, 2.45) is 0 Å². The van der Waals surface area contributed by atoms with Crippen molar-refractivity contribution in [1.82, 2.24) is 0 Å². The SMILES string of the molecule is COc1ccc(OC)cc1.Cc1ccccc1. The van der Waals surface area contributed by atoms with E-state index in [0.717, 1.165) is 11.5 Å². The van der Waals surface area contributed by atoms with E-state index in [2.05, 4.69) is 19.1 Å². The minimum atomic E-state index is 0.848. The van der Waals surface area contributed by atoms with Gasteiger partial charge in [0.2, 0.25) is 0 Å². The van der Waals surface area contributed by atoms with E-state index < -0.39 is 0 Å². The van der Waals surface area contributed by atoms with Crippen molar-refractivity contribution >= 4 is 0 Å². The molecular weight excluding hydrogens is 212 g/mol. The smallest absolute Gasteiger partial charge is 0.119 e. The van der Waals surface area contributed by atoms with E-state index in [0.29, 0.717) is 0 Å². The van der Waals surface area contributed by atoms with Crippen molar-refractivity contribution < 1.29 is 9.47 Å². The maximum Gasteiger partial charge on any atom is 0.119 e. The van der Waals surface area contributed by atoms with Gasteiger partial charge in [-0.25, -0.2) is 0 Å². The quantitative estimate of drug-likeness (QED) is 0.783. The highest BCUT2D eigenvalue weighted by Crippen LogP contribution is 2.15. The summed E-state index contributed by atoms with van der Waals surface area (Å²) in [7, 11) is 3.28. The molecule has 0 radical (unpaired) electrons. The van der Waals surface area contributed by atoms with Crippen LogP contribution in [0.4, 0.5) is 0 Å². The maximum absolute atomic E-state index is 4.96. The summed E-state index contributed by atoms with van der Waals surface area (Å²) in [6.07, 6.45) is 0. The Balaban J connectivity index is 0.000000181. The molecule has 17 heavy (non-hydrogen) atoms. The molecule has 0 fully saturated rings. The fourth-order valence-corrected chi connectivity index (χ4v) is 1.25. The topological polar surface area (TPSA) is 18.5 Å². The van der Waals surface area contributed by atoms with Gasteiger partial charge in [0.15, 0.2) is 0 Å². The number of rotatable bonds is 2. The second kappa shape index (κ2) is 7.34. The molecule has 2 aromatic carbocycles. The zero-order valence-corrected chi connectivity index (χ0v) is 10.5. The normalized spacial score (nSPS) is 8.88. The molecule has 0 spiro atoms. The Hall–Kier alpha value is -1.96. The number of benzene rings is 2. The number of hydrogen-bond donors (Lipinski definition) is 0. The summed E-state index contributed by atoms with van der Waals surface area (Å²) in [5.74, 6) is 1.70. The Morgan fingerprint density at radius 1 is 0.647 bits per heavy atom. The van der Waals surface area contributed by atoms with Crippen molar-refractivity contribution in [2.75, 3.05) is 14.2 Å². The fraction of sp³-hybridized carbons (Fsp3) is 0.200. The molecule has 0 aliphatic rings. The van der Waals surface area contributed by atoms with Crippen molar-refractivity contribution in [3.05, 3.63) is 60.2 Å².